The van der Waals surface area contributed by atoms with Gasteiger partial charge in [-0.3, -0.25) is 6.08 Å². The molecule has 159 valence electrons. The van der Waals surface area contributed by atoms with Crippen LogP contribution in [0.5, 0.6) is 0 Å². The molecular formula is C25H41Cl2Zr. The van der Waals surface area contributed by atoms with Gasteiger partial charge >= 0.3 is 26.2 Å². The van der Waals surface area contributed by atoms with Crippen LogP contribution in [-0.4, -0.2) is 0 Å². The Morgan fingerprint density at radius 1 is 0.786 bits per heavy atom. The van der Waals surface area contributed by atoms with E-state index in [9.17, 15) is 0 Å². The molecule has 0 heterocycles. The maximum absolute atomic E-state index is 3.88. The summed E-state index contributed by atoms with van der Waals surface area (Å²) in [5.41, 5.74) is 3.42. The molecular weight excluding hydrogens is 462 g/mol. The Bertz CT molecular complexity index is 477. The zero-order valence-electron chi connectivity index (χ0n) is 18.9. The average molecular weight is 504 g/mol. The minimum Gasteiger partial charge on any atom is -1.00 e. The molecule has 1 radical (unpaired) electrons. The third kappa shape index (κ3) is 6.47. The summed E-state index contributed by atoms with van der Waals surface area (Å²) in [5, 5.41) is 0. The van der Waals surface area contributed by atoms with E-state index in [4.69, 9.17) is 0 Å². The van der Waals surface area contributed by atoms with Gasteiger partial charge in [-0.2, -0.15) is 11.6 Å². The van der Waals surface area contributed by atoms with Gasteiger partial charge in [-0.05, 0) is 54.3 Å². The molecule has 0 saturated heterocycles. The predicted octanol–water partition coefficient (Wildman–Crippen LogP) is 1.47. The summed E-state index contributed by atoms with van der Waals surface area (Å²) in [7, 11) is 0. The van der Waals surface area contributed by atoms with E-state index in [-0.39, 0.29) is 51.0 Å². The Morgan fingerprint density at radius 3 is 1.75 bits per heavy atom. The van der Waals surface area contributed by atoms with Crippen LogP contribution in [0.4, 0.5) is 0 Å². The smallest absolute Gasteiger partial charge is 1.00 e. The Morgan fingerprint density at radius 2 is 1.25 bits per heavy atom. The van der Waals surface area contributed by atoms with Crippen LogP contribution in [0.25, 0.3) is 0 Å². The van der Waals surface area contributed by atoms with Gasteiger partial charge in [-0.25, -0.2) is 5.57 Å². The standard InChI is InChI=1S/C25H41.2ClH.Zr/c1-16(2)20-12-10-18(5)14-24(20)22-8-7-9-23(22)25-15-19(6)11-13-21(25)17(3)4;;;/h8,16-21,24-25H,7,10-15H2,1-6H3;2*1H;/q-1;;;+3/p-2. The summed E-state index contributed by atoms with van der Waals surface area (Å²) in [6.07, 6.45) is 16.1. The fraction of sp³-hybridized carbons (Fsp3) is 0.840. The number of halogens is 2. The Labute approximate surface area is 207 Å². The number of allylic oxidation sites excluding steroid dienone is 4. The topological polar surface area (TPSA) is 0 Å². The Kier molecular flexibility index (Phi) is 13.1. The molecule has 3 aliphatic carbocycles. The SMILES string of the molecule is CC1CCC(C(C)C)C(C2=[C-]CC=C2C2CC(C)CCC2C(C)C)C1.[Cl-].[Cl-].[Zr+3]. The molecule has 2 fully saturated rings. The summed E-state index contributed by atoms with van der Waals surface area (Å²) in [6.45, 7) is 14.8. The first-order valence-corrected chi connectivity index (χ1v) is 11.2. The molecule has 6 atom stereocenters. The quantitative estimate of drug-likeness (QED) is 0.510. The van der Waals surface area contributed by atoms with E-state index in [0.29, 0.717) is 0 Å². The molecule has 28 heavy (non-hydrogen) atoms. The van der Waals surface area contributed by atoms with Crippen molar-refractivity contribution in [1.29, 1.82) is 0 Å². The van der Waals surface area contributed by atoms with Crippen LogP contribution in [0.2, 0.25) is 0 Å². The van der Waals surface area contributed by atoms with Gasteiger partial charge in [0.1, 0.15) is 0 Å². The second-order valence-corrected chi connectivity index (χ2v) is 10.3. The van der Waals surface area contributed by atoms with Crippen molar-refractivity contribution in [2.45, 2.75) is 86.5 Å². The summed E-state index contributed by atoms with van der Waals surface area (Å²) >= 11 is 0. The molecule has 2 saturated carbocycles. The van der Waals surface area contributed by atoms with Gasteiger partial charge < -0.3 is 24.8 Å². The monoisotopic (exact) mass is 501 g/mol. The van der Waals surface area contributed by atoms with Gasteiger partial charge in [-0.1, -0.05) is 73.1 Å². The van der Waals surface area contributed by atoms with E-state index >= 15 is 0 Å². The van der Waals surface area contributed by atoms with E-state index < -0.39 is 0 Å². The van der Waals surface area contributed by atoms with Crippen LogP contribution in [-0.2, 0) is 26.2 Å². The van der Waals surface area contributed by atoms with Gasteiger partial charge in [0, 0.05) is 0 Å². The number of hydrogen-bond acceptors (Lipinski definition) is 0. The average Bonchev–Trinajstić information content (AvgIpc) is 3.03. The first kappa shape index (κ1) is 28.9. The van der Waals surface area contributed by atoms with Gasteiger partial charge in [0.25, 0.3) is 0 Å². The van der Waals surface area contributed by atoms with Crippen molar-refractivity contribution in [3.05, 3.63) is 23.3 Å². The van der Waals surface area contributed by atoms with Crippen LogP contribution >= 0.6 is 0 Å². The van der Waals surface area contributed by atoms with Crippen LogP contribution in [0.1, 0.15) is 86.5 Å². The van der Waals surface area contributed by atoms with Crippen molar-refractivity contribution < 1.29 is 51.0 Å². The number of hydrogen-bond donors (Lipinski definition) is 0. The first-order chi connectivity index (χ1) is 11.9. The molecule has 0 bridgehead atoms. The molecule has 0 spiro atoms. The summed E-state index contributed by atoms with van der Waals surface area (Å²) in [4.78, 5) is 0. The second-order valence-electron chi connectivity index (χ2n) is 10.3. The number of rotatable bonds is 4. The van der Waals surface area contributed by atoms with Crippen LogP contribution in [0, 0.1) is 53.4 Å². The van der Waals surface area contributed by atoms with E-state index in [1.807, 2.05) is 0 Å². The van der Waals surface area contributed by atoms with Gasteiger partial charge in [0.15, 0.2) is 0 Å². The third-order valence-corrected chi connectivity index (χ3v) is 7.74. The van der Waals surface area contributed by atoms with Crippen molar-refractivity contribution in [3.63, 3.8) is 0 Å². The van der Waals surface area contributed by atoms with Crippen molar-refractivity contribution >= 4 is 0 Å². The zero-order valence-corrected chi connectivity index (χ0v) is 22.9. The predicted molar refractivity (Wildman–Crippen MR) is 109 cm³/mol. The second kappa shape index (κ2) is 12.7. The van der Waals surface area contributed by atoms with E-state index in [1.165, 1.54) is 38.5 Å². The first-order valence-electron chi connectivity index (χ1n) is 11.2. The maximum Gasteiger partial charge on any atom is 3.00 e. The molecule has 0 aromatic carbocycles. The van der Waals surface area contributed by atoms with Crippen molar-refractivity contribution in [3.8, 4) is 0 Å². The van der Waals surface area contributed by atoms with Gasteiger partial charge in [0.05, 0.1) is 0 Å². The van der Waals surface area contributed by atoms with Crippen molar-refractivity contribution in [1.82, 2.24) is 0 Å². The summed E-state index contributed by atoms with van der Waals surface area (Å²) < 4.78 is 0. The molecule has 0 amide bonds. The fourth-order valence-electron chi connectivity index (χ4n) is 6.27. The Hall–Kier alpha value is 0.943. The van der Waals surface area contributed by atoms with Gasteiger partial charge in [-0.15, -0.1) is 6.42 Å². The fourth-order valence-corrected chi connectivity index (χ4v) is 6.27. The van der Waals surface area contributed by atoms with Crippen molar-refractivity contribution in [2.75, 3.05) is 0 Å². The molecule has 0 aromatic rings. The summed E-state index contributed by atoms with van der Waals surface area (Å²) in [5.74, 6) is 6.75. The molecule has 3 aliphatic rings. The molecule has 3 rings (SSSR count). The Balaban J connectivity index is 0.00000243. The normalized spacial score (nSPS) is 35.4. The van der Waals surface area contributed by atoms with Gasteiger partial charge in [0.2, 0.25) is 0 Å². The third-order valence-electron chi connectivity index (χ3n) is 7.74. The molecule has 3 heteroatoms. The molecule has 0 aliphatic heterocycles. The summed E-state index contributed by atoms with van der Waals surface area (Å²) in [6, 6.07) is 0. The van der Waals surface area contributed by atoms with Crippen molar-refractivity contribution in [2.24, 2.45) is 47.3 Å². The minimum atomic E-state index is 0. The molecule has 0 nitrogen and oxygen atoms in total. The largest absolute Gasteiger partial charge is 3.00 e. The van der Waals surface area contributed by atoms with E-state index in [1.54, 1.807) is 11.1 Å². The van der Waals surface area contributed by atoms with Crippen LogP contribution < -0.4 is 24.8 Å². The van der Waals surface area contributed by atoms with E-state index in [2.05, 4.69) is 53.7 Å². The molecule has 0 aromatic heterocycles. The van der Waals surface area contributed by atoms with E-state index in [0.717, 1.165) is 53.8 Å². The van der Waals surface area contributed by atoms with Crippen LogP contribution in [0.15, 0.2) is 17.2 Å². The zero-order chi connectivity index (χ0) is 18.1. The molecule has 0 N–H and O–H groups in total. The molecule has 6 unspecified atom stereocenters. The minimum absolute atomic E-state index is 0. The van der Waals surface area contributed by atoms with Crippen LogP contribution in [0.3, 0.4) is 0 Å². The maximum atomic E-state index is 3.88.